The summed E-state index contributed by atoms with van der Waals surface area (Å²) in [4.78, 5) is 0. The molecule has 0 atom stereocenters. The quantitative estimate of drug-likeness (QED) is 0.379. The maximum Gasteiger partial charge on any atom is 0.124 e. The van der Waals surface area contributed by atoms with Crippen molar-refractivity contribution < 1.29 is 4.74 Å². The van der Waals surface area contributed by atoms with Crippen molar-refractivity contribution in [2.75, 3.05) is 13.7 Å². The van der Waals surface area contributed by atoms with Gasteiger partial charge in [0.1, 0.15) is 5.76 Å². The highest BCUT2D eigenvalue weighted by Crippen LogP contribution is 2.25. The SMILES string of the molecule is C/C=C(/C=C(/OC)C1=C(C)NCCC1)CCCCCC. The van der Waals surface area contributed by atoms with Gasteiger partial charge >= 0.3 is 0 Å². The summed E-state index contributed by atoms with van der Waals surface area (Å²) in [6.07, 6.45) is 13.1. The second-order valence-electron chi connectivity index (χ2n) is 5.52. The highest BCUT2D eigenvalue weighted by atomic mass is 16.5. The minimum Gasteiger partial charge on any atom is -0.496 e. The van der Waals surface area contributed by atoms with Crippen molar-refractivity contribution in [3.8, 4) is 0 Å². The van der Waals surface area contributed by atoms with Gasteiger partial charge in [-0.3, -0.25) is 0 Å². The zero-order valence-corrected chi connectivity index (χ0v) is 13.7. The van der Waals surface area contributed by atoms with Gasteiger partial charge < -0.3 is 10.1 Å². The van der Waals surface area contributed by atoms with Gasteiger partial charge in [0.2, 0.25) is 0 Å². The van der Waals surface area contributed by atoms with E-state index in [4.69, 9.17) is 4.74 Å². The van der Waals surface area contributed by atoms with Crippen LogP contribution in [-0.4, -0.2) is 13.7 Å². The number of hydrogen-bond donors (Lipinski definition) is 1. The molecule has 1 heterocycles. The molecule has 0 radical (unpaired) electrons. The number of methoxy groups -OCH3 is 1. The highest BCUT2D eigenvalue weighted by Gasteiger charge is 2.14. The summed E-state index contributed by atoms with van der Waals surface area (Å²) < 4.78 is 5.64. The van der Waals surface area contributed by atoms with Crippen LogP contribution in [0.5, 0.6) is 0 Å². The Kier molecular flexibility index (Phi) is 8.17. The Bertz CT molecular complexity index is 377. The highest BCUT2D eigenvalue weighted by molar-refractivity contribution is 5.36. The Morgan fingerprint density at radius 2 is 2.10 bits per heavy atom. The smallest absolute Gasteiger partial charge is 0.124 e. The Labute approximate surface area is 125 Å². The summed E-state index contributed by atoms with van der Waals surface area (Å²) in [5.41, 5.74) is 4.00. The molecule has 0 aromatic heterocycles. The van der Waals surface area contributed by atoms with E-state index in [1.807, 2.05) is 0 Å². The van der Waals surface area contributed by atoms with E-state index in [0.717, 1.165) is 25.1 Å². The lowest BCUT2D eigenvalue weighted by Crippen LogP contribution is -2.21. The minimum atomic E-state index is 1.04. The summed E-state index contributed by atoms with van der Waals surface area (Å²) in [6, 6.07) is 0. The molecule has 20 heavy (non-hydrogen) atoms. The molecule has 2 nitrogen and oxygen atoms in total. The van der Waals surface area contributed by atoms with Crippen molar-refractivity contribution in [1.29, 1.82) is 0 Å². The zero-order chi connectivity index (χ0) is 14.8. The molecule has 0 spiro atoms. The van der Waals surface area contributed by atoms with Gasteiger partial charge in [-0.2, -0.15) is 0 Å². The second kappa shape index (κ2) is 9.68. The maximum atomic E-state index is 5.64. The number of hydrogen-bond acceptors (Lipinski definition) is 2. The normalized spacial score (nSPS) is 17.2. The molecule has 0 fully saturated rings. The first-order valence-electron chi connectivity index (χ1n) is 8.07. The topological polar surface area (TPSA) is 21.3 Å². The summed E-state index contributed by atoms with van der Waals surface area (Å²) in [5, 5.41) is 3.44. The van der Waals surface area contributed by atoms with Crippen molar-refractivity contribution in [2.45, 2.75) is 65.7 Å². The van der Waals surface area contributed by atoms with Crippen molar-refractivity contribution in [1.82, 2.24) is 5.32 Å². The Morgan fingerprint density at radius 3 is 2.70 bits per heavy atom. The predicted octanol–water partition coefficient (Wildman–Crippen LogP) is 5.09. The van der Waals surface area contributed by atoms with E-state index < -0.39 is 0 Å². The van der Waals surface area contributed by atoms with Gasteiger partial charge in [-0.1, -0.05) is 32.3 Å². The van der Waals surface area contributed by atoms with Crippen LogP contribution in [0.3, 0.4) is 0 Å². The molecule has 1 rings (SSSR count). The molecule has 0 unspecified atom stereocenters. The number of unbranched alkanes of at least 4 members (excludes halogenated alkanes) is 3. The van der Waals surface area contributed by atoms with Gasteiger partial charge in [0.05, 0.1) is 7.11 Å². The standard InChI is InChI=1S/C18H31NO/c1-5-7-8-9-11-16(6-2)14-18(20-4)17-12-10-13-19-15(17)3/h6,14,19H,5,7-13H2,1-4H3/b16-6+,18-14+. The molecule has 0 saturated carbocycles. The van der Waals surface area contributed by atoms with Crippen LogP contribution in [0.2, 0.25) is 0 Å². The lowest BCUT2D eigenvalue weighted by molar-refractivity contribution is 0.294. The molecule has 0 saturated heterocycles. The molecule has 0 aliphatic carbocycles. The van der Waals surface area contributed by atoms with E-state index in [9.17, 15) is 0 Å². The minimum absolute atomic E-state index is 1.04. The van der Waals surface area contributed by atoms with Crippen molar-refractivity contribution in [3.05, 3.63) is 34.8 Å². The third-order valence-corrected chi connectivity index (χ3v) is 3.97. The lowest BCUT2D eigenvalue weighted by atomic mass is 9.99. The van der Waals surface area contributed by atoms with E-state index in [-0.39, 0.29) is 0 Å². The van der Waals surface area contributed by atoms with Gasteiger partial charge in [0, 0.05) is 17.8 Å². The summed E-state index contributed by atoms with van der Waals surface area (Å²) in [7, 11) is 1.78. The Morgan fingerprint density at radius 1 is 1.30 bits per heavy atom. The molecular weight excluding hydrogens is 246 g/mol. The van der Waals surface area contributed by atoms with Gasteiger partial charge in [-0.15, -0.1) is 0 Å². The molecule has 0 aromatic carbocycles. The van der Waals surface area contributed by atoms with Crippen LogP contribution in [0, 0.1) is 0 Å². The molecule has 0 bridgehead atoms. The first-order valence-corrected chi connectivity index (χ1v) is 8.07. The Hall–Kier alpha value is -1.18. The largest absolute Gasteiger partial charge is 0.496 e. The Balaban J connectivity index is 2.70. The predicted molar refractivity (Wildman–Crippen MR) is 87.5 cm³/mol. The molecule has 0 amide bonds. The summed E-state index contributed by atoms with van der Waals surface area (Å²) in [5.74, 6) is 1.04. The van der Waals surface area contributed by atoms with Crippen LogP contribution in [0.25, 0.3) is 0 Å². The molecule has 0 aromatic rings. The second-order valence-corrected chi connectivity index (χ2v) is 5.52. The van der Waals surface area contributed by atoms with Crippen LogP contribution in [0.1, 0.15) is 65.7 Å². The lowest BCUT2D eigenvalue weighted by Gasteiger charge is -2.21. The average molecular weight is 277 g/mol. The molecule has 1 aliphatic heterocycles. The maximum absolute atomic E-state index is 5.64. The van der Waals surface area contributed by atoms with Crippen LogP contribution in [0.4, 0.5) is 0 Å². The summed E-state index contributed by atoms with van der Waals surface area (Å²) >= 11 is 0. The van der Waals surface area contributed by atoms with E-state index >= 15 is 0 Å². The van der Waals surface area contributed by atoms with E-state index in [0.29, 0.717) is 0 Å². The number of ether oxygens (including phenoxy) is 1. The fraction of sp³-hybridized carbons (Fsp3) is 0.667. The van der Waals surface area contributed by atoms with E-state index in [1.165, 1.54) is 48.9 Å². The molecule has 114 valence electrons. The fourth-order valence-electron chi connectivity index (χ4n) is 2.64. The first-order chi connectivity index (χ1) is 9.72. The zero-order valence-electron chi connectivity index (χ0n) is 13.7. The van der Waals surface area contributed by atoms with Gasteiger partial charge in [0.25, 0.3) is 0 Å². The van der Waals surface area contributed by atoms with Gasteiger partial charge in [-0.25, -0.2) is 0 Å². The molecule has 2 heteroatoms. The number of nitrogens with one attached hydrogen (secondary N) is 1. The number of allylic oxidation sites excluding steroid dienone is 5. The number of rotatable bonds is 8. The van der Waals surface area contributed by atoms with Crippen molar-refractivity contribution in [3.63, 3.8) is 0 Å². The third-order valence-electron chi connectivity index (χ3n) is 3.97. The third kappa shape index (κ3) is 5.44. The van der Waals surface area contributed by atoms with Crippen molar-refractivity contribution >= 4 is 0 Å². The van der Waals surface area contributed by atoms with Gasteiger partial charge in [0.15, 0.2) is 0 Å². The monoisotopic (exact) mass is 277 g/mol. The summed E-state index contributed by atoms with van der Waals surface area (Å²) in [6.45, 7) is 7.61. The molecular formula is C18H31NO. The average Bonchev–Trinajstić information content (AvgIpc) is 2.48. The fourth-order valence-corrected chi connectivity index (χ4v) is 2.64. The van der Waals surface area contributed by atoms with E-state index in [2.05, 4.69) is 38.2 Å². The van der Waals surface area contributed by atoms with E-state index in [1.54, 1.807) is 7.11 Å². The molecule has 1 aliphatic rings. The first kappa shape index (κ1) is 16.9. The van der Waals surface area contributed by atoms with Crippen LogP contribution in [0.15, 0.2) is 34.8 Å². The van der Waals surface area contributed by atoms with Crippen LogP contribution in [-0.2, 0) is 4.74 Å². The van der Waals surface area contributed by atoms with Crippen LogP contribution >= 0.6 is 0 Å². The van der Waals surface area contributed by atoms with Gasteiger partial charge in [-0.05, 0) is 51.2 Å². The van der Waals surface area contributed by atoms with Crippen LogP contribution < -0.4 is 5.32 Å². The van der Waals surface area contributed by atoms with Crippen molar-refractivity contribution in [2.24, 2.45) is 0 Å². The molecule has 1 N–H and O–H groups in total.